The number of nitrogens with zero attached hydrogens (tertiary/aromatic N) is 1. The Bertz CT molecular complexity index is 416. The van der Waals surface area contributed by atoms with Crippen LogP contribution in [0.5, 0.6) is 0 Å². The van der Waals surface area contributed by atoms with Crippen LogP contribution in [0, 0.1) is 5.82 Å². The van der Waals surface area contributed by atoms with E-state index in [1.54, 1.807) is 6.07 Å². The molecule has 1 fully saturated rings. The van der Waals surface area contributed by atoms with Crippen molar-refractivity contribution in [3.05, 3.63) is 34.6 Å². The molecule has 1 aromatic rings. The van der Waals surface area contributed by atoms with Crippen molar-refractivity contribution >= 4 is 23.4 Å². The molecule has 2 nitrogen and oxygen atoms in total. The molecule has 18 heavy (non-hydrogen) atoms. The Morgan fingerprint density at radius 2 is 2.39 bits per heavy atom. The lowest BCUT2D eigenvalue weighted by atomic mass is 10.0. The topological polar surface area (TPSA) is 29.3 Å². The SMILES string of the molecule is CC1CSCCN1C(CN)c1ccc(Cl)c(F)c1. The summed E-state index contributed by atoms with van der Waals surface area (Å²) in [5, 5.41) is 0.164. The number of halogens is 2. The zero-order valence-electron chi connectivity index (χ0n) is 10.4. The van der Waals surface area contributed by atoms with E-state index in [2.05, 4.69) is 11.8 Å². The third-order valence-electron chi connectivity index (χ3n) is 3.37. The summed E-state index contributed by atoms with van der Waals surface area (Å²) in [4.78, 5) is 2.36. The van der Waals surface area contributed by atoms with Gasteiger partial charge in [0, 0.05) is 36.7 Å². The minimum Gasteiger partial charge on any atom is -0.329 e. The summed E-state index contributed by atoms with van der Waals surface area (Å²) in [7, 11) is 0. The van der Waals surface area contributed by atoms with Crippen molar-refractivity contribution in [2.75, 3.05) is 24.6 Å². The number of thioether (sulfide) groups is 1. The number of hydrogen-bond acceptors (Lipinski definition) is 3. The molecule has 1 aliphatic rings. The monoisotopic (exact) mass is 288 g/mol. The van der Waals surface area contributed by atoms with E-state index < -0.39 is 0 Å². The van der Waals surface area contributed by atoms with E-state index in [-0.39, 0.29) is 16.9 Å². The molecule has 0 radical (unpaired) electrons. The minimum absolute atomic E-state index is 0.0765. The number of nitrogens with two attached hydrogens (primary N) is 1. The van der Waals surface area contributed by atoms with Crippen molar-refractivity contribution in [2.45, 2.75) is 19.0 Å². The molecular weight excluding hydrogens is 271 g/mol. The first kappa shape index (κ1) is 14.1. The van der Waals surface area contributed by atoms with Gasteiger partial charge in [0.1, 0.15) is 5.82 Å². The molecule has 2 N–H and O–H groups in total. The van der Waals surface area contributed by atoms with Crippen molar-refractivity contribution in [1.82, 2.24) is 4.90 Å². The molecule has 0 aromatic heterocycles. The summed E-state index contributed by atoms with van der Waals surface area (Å²) in [6, 6.07) is 5.54. The van der Waals surface area contributed by atoms with Gasteiger partial charge in [0.25, 0.3) is 0 Å². The van der Waals surface area contributed by atoms with Gasteiger partial charge >= 0.3 is 0 Å². The van der Waals surface area contributed by atoms with Crippen molar-refractivity contribution in [2.24, 2.45) is 5.73 Å². The lowest BCUT2D eigenvalue weighted by Gasteiger charge is -2.39. The predicted molar refractivity (Wildman–Crippen MR) is 76.7 cm³/mol. The van der Waals surface area contributed by atoms with Crippen LogP contribution in [0.25, 0.3) is 0 Å². The molecule has 1 aliphatic heterocycles. The molecule has 5 heteroatoms. The maximum absolute atomic E-state index is 13.5. The Balaban J connectivity index is 2.23. The second kappa shape index (κ2) is 6.24. The van der Waals surface area contributed by atoms with E-state index in [1.807, 2.05) is 17.8 Å². The van der Waals surface area contributed by atoms with Crippen LogP contribution in [0.4, 0.5) is 4.39 Å². The zero-order chi connectivity index (χ0) is 13.1. The molecule has 1 saturated heterocycles. The lowest BCUT2D eigenvalue weighted by molar-refractivity contribution is 0.165. The third kappa shape index (κ3) is 2.99. The molecule has 2 unspecified atom stereocenters. The second-order valence-corrected chi connectivity index (χ2v) is 6.14. The fraction of sp³-hybridized carbons (Fsp3) is 0.538. The number of rotatable bonds is 3. The largest absolute Gasteiger partial charge is 0.329 e. The first-order valence-electron chi connectivity index (χ1n) is 6.12. The molecule has 0 spiro atoms. The van der Waals surface area contributed by atoms with Crippen LogP contribution in [0.3, 0.4) is 0 Å². The quantitative estimate of drug-likeness (QED) is 0.927. The van der Waals surface area contributed by atoms with Crippen LogP contribution in [0.2, 0.25) is 5.02 Å². The molecule has 100 valence electrons. The van der Waals surface area contributed by atoms with Crippen LogP contribution in [-0.4, -0.2) is 35.5 Å². The predicted octanol–water partition coefficient (Wildman–Crippen LogP) is 2.92. The molecule has 0 saturated carbocycles. The average Bonchev–Trinajstić information content (AvgIpc) is 2.37. The van der Waals surface area contributed by atoms with Crippen molar-refractivity contribution < 1.29 is 4.39 Å². The van der Waals surface area contributed by atoms with Crippen LogP contribution in [-0.2, 0) is 0 Å². The fourth-order valence-corrected chi connectivity index (χ4v) is 3.54. The van der Waals surface area contributed by atoms with Crippen LogP contribution in [0.1, 0.15) is 18.5 Å². The maximum Gasteiger partial charge on any atom is 0.142 e. The molecule has 0 amide bonds. The van der Waals surface area contributed by atoms with Gasteiger partial charge < -0.3 is 5.73 Å². The van der Waals surface area contributed by atoms with Gasteiger partial charge in [0.05, 0.1) is 5.02 Å². The van der Waals surface area contributed by atoms with E-state index in [4.69, 9.17) is 17.3 Å². The van der Waals surface area contributed by atoms with Gasteiger partial charge in [-0.15, -0.1) is 0 Å². The number of benzene rings is 1. The molecule has 0 aliphatic carbocycles. The number of hydrogen-bond donors (Lipinski definition) is 1. The van der Waals surface area contributed by atoms with E-state index in [1.165, 1.54) is 6.07 Å². The minimum atomic E-state index is -0.369. The van der Waals surface area contributed by atoms with Crippen LogP contribution in [0.15, 0.2) is 18.2 Å². The fourth-order valence-electron chi connectivity index (χ4n) is 2.39. The summed E-state index contributed by atoms with van der Waals surface area (Å²) in [6.07, 6.45) is 0. The Morgan fingerprint density at radius 1 is 1.61 bits per heavy atom. The average molecular weight is 289 g/mol. The van der Waals surface area contributed by atoms with E-state index in [9.17, 15) is 4.39 Å². The van der Waals surface area contributed by atoms with Crippen molar-refractivity contribution in [3.63, 3.8) is 0 Å². The standard InChI is InChI=1S/C13H18ClFN2S/c1-9-8-18-5-4-17(9)13(7-16)10-2-3-11(14)12(15)6-10/h2-3,6,9,13H,4-5,7-8,16H2,1H3. The first-order chi connectivity index (χ1) is 8.63. The zero-order valence-corrected chi connectivity index (χ0v) is 12.0. The summed E-state index contributed by atoms with van der Waals surface area (Å²) >= 11 is 7.68. The lowest BCUT2D eigenvalue weighted by Crippen LogP contribution is -2.45. The van der Waals surface area contributed by atoms with E-state index in [0.717, 1.165) is 23.6 Å². The van der Waals surface area contributed by atoms with Gasteiger partial charge in [-0.25, -0.2) is 4.39 Å². The van der Waals surface area contributed by atoms with Gasteiger partial charge in [-0.1, -0.05) is 17.7 Å². The highest BCUT2D eigenvalue weighted by Gasteiger charge is 2.26. The van der Waals surface area contributed by atoms with Gasteiger partial charge in [0.2, 0.25) is 0 Å². The Morgan fingerprint density at radius 3 is 3.00 bits per heavy atom. The molecule has 2 rings (SSSR count). The normalized spacial score (nSPS) is 23.0. The van der Waals surface area contributed by atoms with E-state index in [0.29, 0.717) is 12.6 Å². The Kier molecular flexibility index (Phi) is 4.90. The van der Waals surface area contributed by atoms with Gasteiger partial charge in [-0.3, -0.25) is 4.90 Å². The van der Waals surface area contributed by atoms with Gasteiger partial charge in [0.15, 0.2) is 0 Å². The van der Waals surface area contributed by atoms with Crippen LogP contribution >= 0.6 is 23.4 Å². The van der Waals surface area contributed by atoms with E-state index >= 15 is 0 Å². The smallest absolute Gasteiger partial charge is 0.142 e. The molecular formula is C13H18ClFN2S. The molecule has 1 aromatic carbocycles. The Labute approximate surface area is 117 Å². The molecule has 2 atom stereocenters. The highest BCUT2D eigenvalue weighted by atomic mass is 35.5. The third-order valence-corrected chi connectivity index (χ3v) is 4.87. The summed E-state index contributed by atoms with van der Waals surface area (Å²) < 4.78 is 13.5. The molecule has 1 heterocycles. The van der Waals surface area contributed by atoms with Crippen molar-refractivity contribution in [1.29, 1.82) is 0 Å². The maximum atomic E-state index is 13.5. The summed E-state index contributed by atoms with van der Waals surface area (Å²) in [5.41, 5.74) is 6.80. The van der Waals surface area contributed by atoms with Crippen LogP contribution < -0.4 is 5.73 Å². The van der Waals surface area contributed by atoms with Crippen molar-refractivity contribution in [3.8, 4) is 0 Å². The first-order valence-corrected chi connectivity index (χ1v) is 7.65. The summed E-state index contributed by atoms with van der Waals surface area (Å²) in [5.74, 6) is 1.84. The Hall–Kier alpha value is -0.290. The summed E-state index contributed by atoms with van der Waals surface area (Å²) in [6.45, 7) is 3.69. The van der Waals surface area contributed by atoms with Gasteiger partial charge in [-0.05, 0) is 24.6 Å². The second-order valence-electron chi connectivity index (χ2n) is 4.59. The molecule has 0 bridgehead atoms. The highest BCUT2D eigenvalue weighted by molar-refractivity contribution is 7.99. The highest BCUT2D eigenvalue weighted by Crippen LogP contribution is 2.28. The van der Waals surface area contributed by atoms with Gasteiger partial charge in [-0.2, -0.15) is 11.8 Å².